The van der Waals surface area contributed by atoms with E-state index in [1.165, 1.54) is 43.9 Å². The second-order valence-electron chi connectivity index (χ2n) is 7.80. The quantitative estimate of drug-likeness (QED) is 0.517. The molecule has 7 heteroatoms. The number of ether oxygens (including phenoxy) is 1. The van der Waals surface area contributed by atoms with E-state index in [0.717, 1.165) is 29.4 Å². The predicted octanol–water partition coefficient (Wildman–Crippen LogP) is 4.73. The summed E-state index contributed by atoms with van der Waals surface area (Å²) in [4.78, 5) is 12.5. The molecule has 1 aromatic heterocycles. The summed E-state index contributed by atoms with van der Waals surface area (Å²) in [6.45, 7) is 0.778. The van der Waals surface area contributed by atoms with E-state index in [9.17, 15) is 4.79 Å². The lowest BCUT2D eigenvalue weighted by Crippen LogP contribution is -2.31. The van der Waals surface area contributed by atoms with E-state index in [1.807, 2.05) is 59.2 Å². The first-order chi connectivity index (χ1) is 15.2. The fraction of sp³-hybridized carbons (Fsp3) is 0.375. The second-order valence-corrected chi connectivity index (χ2v) is 8.74. The highest BCUT2D eigenvalue weighted by Gasteiger charge is 2.18. The minimum atomic E-state index is 0.0427. The molecule has 1 N–H and O–H groups in total. The van der Waals surface area contributed by atoms with Crippen LogP contribution in [-0.2, 0) is 4.79 Å². The minimum Gasteiger partial charge on any atom is -0.497 e. The van der Waals surface area contributed by atoms with E-state index in [4.69, 9.17) is 4.74 Å². The lowest BCUT2D eigenvalue weighted by atomic mass is 9.89. The number of thioether (sulfide) groups is 1. The van der Waals surface area contributed by atoms with Gasteiger partial charge in [-0.3, -0.25) is 9.36 Å². The number of hydrogen-bond acceptors (Lipinski definition) is 5. The molecule has 1 aliphatic rings. The molecular formula is C24H28N4O2S. The normalized spacial score (nSPS) is 14.4. The maximum Gasteiger partial charge on any atom is 0.230 e. The van der Waals surface area contributed by atoms with Gasteiger partial charge >= 0.3 is 0 Å². The molecule has 0 saturated heterocycles. The number of rotatable bonds is 8. The van der Waals surface area contributed by atoms with Gasteiger partial charge in [0.1, 0.15) is 5.75 Å². The first kappa shape index (κ1) is 21.4. The largest absolute Gasteiger partial charge is 0.497 e. The molecule has 2 aromatic carbocycles. The van der Waals surface area contributed by atoms with Gasteiger partial charge in [0.25, 0.3) is 0 Å². The Labute approximate surface area is 187 Å². The molecule has 0 bridgehead atoms. The van der Waals surface area contributed by atoms with Crippen molar-refractivity contribution in [3.8, 4) is 22.8 Å². The highest BCUT2D eigenvalue weighted by Crippen LogP contribution is 2.29. The van der Waals surface area contributed by atoms with Gasteiger partial charge < -0.3 is 10.1 Å². The van der Waals surface area contributed by atoms with Crippen LogP contribution in [0.4, 0.5) is 0 Å². The van der Waals surface area contributed by atoms with E-state index in [2.05, 4.69) is 15.5 Å². The van der Waals surface area contributed by atoms with Gasteiger partial charge in [0, 0.05) is 17.8 Å². The molecule has 1 heterocycles. The Bertz CT molecular complexity index is 983. The van der Waals surface area contributed by atoms with Gasteiger partial charge in [-0.05, 0) is 43.0 Å². The van der Waals surface area contributed by atoms with Crippen LogP contribution in [0.5, 0.6) is 5.75 Å². The summed E-state index contributed by atoms with van der Waals surface area (Å²) in [7, 11) is 1.65. The van der Waals surface area contributed by atoms with Crippen LogP contribution in [-0.4, -0.2) is 40.1 Å². The highest BCUT2D eigenvalue weighted by atomic mass is 32.2. The zero-order valence-corrected chi connectivity index (χ0v) is 18.6. The van der Waals surface area contributed by atoms with Crippen LogP contribution in [0.3, 0.4) is 0 Å². The van der Waals surface area contributed by atoms with Crippen molar-refractivity contribution in [3.63, 3.8) is 0 Å². The van der Waals surface area contributed by atoms with E-state index in [-0.39, 0.29) is 5.91 Å². The van der Waals surface area contributed by atoms with Gasteiger partial charge in [-0.15, -0.1) is 10.2 Å². The van der Waals surface area contributed by atoms with Crippen LogP contribution in [0.2, 0.25) is 0 Å². The maximum atomic E-state index is 12.5. The third kappa shape index (κ3) is 5.47. The van der Waals surface area contributed by atoms with Crippen molar-refractivity contribution in [2.45, 2.75) is 37.3 Å². The lowest BCUT2D eigenvalue weighted by molar-refractivity contribution is -0.118. The standard InChI is InChI=1S/C24H28N4O2S/c1-30-21-14-12-20(13-15-21)28-23(19-10-6-3-7-11-19)26-27-24(28)31-17-22(29)25-16-18-8-4-2-5-9-18/h3,6-7,10-15,18H,2,4-5,8-9,16-17H2,1H3,(H,25,29). The van der Waals surface area contributed by atoms with Crippen LogP contribution in [0.15, 0.2) is 59.8 Å². The summed E-state index contributed by atoms with van der Waals surface area (Å²) >= 11 is 1.41. The minimum absolute atomic E-state index is 0.0427. The zero-order chi connectivity index (χ0) is 21.5. The molecule has 0 unspecified atom stereocenters. The SMILES string of the molecule is COc1ccc(-n2c(SCC(=O)NCC3CCCCC3)nnc2-c2ccccc2)cc1. The lowest BCUT2D eigenvalue weighted by Gasteiger charge is -2.21. The summed E-state index contributed by atoms with van der Waals surface area (Å²) in [5.74, 6) is 2.51. The first-order valence-electron chi connectivity index (χ1n) is 10.8. The second kappa shape index (κ2) is 10.5. The Morgan fingerprint density at radius 2 is 1.81 bits per heavy atom. The molecule has 0 atom stereocenters. The molecule has 1 aliphatic carbocycles. The molecule has 0 radical (unpaired) electrons. The number of aromatic nitrogens is 3. The molecule has 1 fully saturated rings. The number of carbonyl (C=O) groups excluding carboxylic acids is 1. The summed E-state index contributed by atoms with van der Waals surface area (Å²) < 4.78 is 7.28. The number of hydrogen-bond donors (Lipinski definition) is 1. The van der Waals surface area contributed by atoms with E-state index >= 15 is 0 Å². The predicted molar refractivity (Wildman–Crippen MR) is 124 cm³/mol. The number of carbonyl (C=O) groups is 1. The van der Waals surface area contributed by atoms with Gasteiger partial charge in [-0.25, -0.2) is 0 Å². The Morgan fingerprint density at radius 3 is 2.52 bits per heavy atom. The van der Waals surface area contributed by atoms with E-state index < -0.39 is 0 Å². The summed E-state index contributed by atoms with van der Waals surface area (Å²) in [6.07, 6.45) is 6.33. The third-order valence-electron chi connectivity index (χ3n) is 5.64. The van der Waals surface area contributed by atoms with Crippen molar-refractivity contribution >= 4 is 17.7 Å². The maximum absolute atomic E-state index is 12.5. The highest BCUT2D eigenvalue weighted by molar-refractivity contribution is 7.99. The Balaban J connectivity index is 1.50. The average molecular weight is 437 g/mol. The first-order valence-corrected chi connectivity index (χ1v) is 11.8. The van der Waals surface area contributed by atoms with Crippen molar-refractivity contribution in [2.24, 2.45) is 5.92 Å². The van der Waals surface area contributed by atoms with Gasteiger partial charge in [0.05, 0.1) is 12.9 Å². The topological polar surface area (TPSA) is 69.0 Å². The molecular weight excluding hydrogens is 408 g/mol. The molecule has 0 aliphatic heterocycles. The van der Waals surface area contributed by atoms with E-state index in [0.29, 0.717) is 16.8 Å². The molecule has 1 saturated carbocycles. The van der Waals surface area contributed by atoms with Gasteiger partial charge in [0.2, 0.25) is 5.91 Å². The van der Waals surface area contributed by atoms with Crippen molar-refractivity contribution in [3.05, 3.63) is 54.6 Å². The van der Waals surface area contributed by atoms with Crippen molar-refractivity contribution in [1.82, 2.24) is 20.1 Å². The van der Waals surface area contributed by atoms with E-state index in [1.54, 1.807) is 7.11 Å². The number of benzene rings is 2. The Kier molecular flexibility index (Phi) is 7.25. The van der Waals surface area contributed by atoms with Crippen molar-refractivity contribution < 1.29 is 9.53 Å². The number of amides is 1. The van der Waals surface area contributed by atoms with Crippen LogP contribution in [0.1, 0.15) is 32.1 Å². The number of nitrogens with one attached hydrogen (secondary N) is 1. The summed E-state index contributed by atoms with van der Waals surface area (Å²) in [5.41, 5.74) is 1.90. The van der Waals surface area contributed by atoms with Crippen LogP contribution < -0.4 is 10.1 Å². The van der Waals surface area contributed by atoms with Crippen LogP contribution in [0, 0.1) is 5.92 Å². The monoisotopic (exact) mass is 436 g/mol. The van der Waals surface area contributed by atoms with Gasteiger partial charge in [0.15, 0.2) is 11.0 Å². The zero-order valence-electron chi connectivity index (χ0n) is 17.8. The number of methoxy groups -OCH3 is 1. The number of nitrogens with zero attached hydrogens (tertiary/aromatic N) is 3. The third-order valence-corrected chi connectivity index (χ3v) is 6.57. The molecule has 0 spiro atoms. The van der Waals surface area contributed by atoms with Crippen LogP contribution >= 0.6 is 11.8 Å². The Morgan fingerprint density at radius 1 is 1.06 bits per heavy atom. The fourth-order valence-corrected chi connectivity index (χ4v) is 4.71. The molecule has 6 nitrogen and oxygen atoms in total. The summed E-state index contributed by atoms with van der Waals surface area (Å²) in [6, 6.07) is 17.7. The van der Waals surface area contributed by atoms with Gasteiger partial charge in [-0.1, -0.05) is 61.4 Å². The van der Waals surface area contributed by atoms with Crippen molar-refractivity contribution in [2.75, 3.05) is 19.4 Å². The molecule has 31 heavy (non-hydrogen) atoms. The molecule has 4 rings (SSSR count). The smallest absolute Gasteiger partial charge is 0.230 e. The van der Waals surface area contributed by atoms with Crippen molar-refractivity contribution in [1.29, 1.82) is 0 Å². The average Bonchev–Trinajstić information content (AvgIpc) is 3.26. The Hall–Kier alpha value is -2.80. The molecule has 1 amide bonds. The molecule has 162 valence electrons. The van der Waals surface area contributed by atoms with Crippen LogP contribution in [0.25, 0.3) is 17.1 Å². The molecule has 3 aromatic rings. The van der Waals surface area contributed by atoms with Gasteiger partial charge in [-0.2, -0.15) is 0 Å². The summed E-state index contributed by atoms with van der Waals surface area (Å²) in [5, 5.41) is 12.6. The fourth-order valence-electron chi connectivity index (χ4n) is 3.93.